The maximum absolute atomic E-state index is 12.7. The van der Waals surface area contributed by atoms with Crippen LogP contribution in [0.25, 0.3) is 0 Å². The van der Waals surface area contributed by atoms with Gasteiger partial charge in [-0.2, -0.15) is 13.2 Å². The highest BCUT2D eigenvalue weighted by atomic mass is 19.4. The van der Waals surface area contributed by atoms with E-state index in [1.807, 2.05) is 0 Å². The van der Waals surface area contributed by atoms with Gasteiger partial charge < -0.3 is 26.0 Å². The van der Waals surface area contributed by atoms with Crippen LogP contribution in [0.5, 0.6) is 5.75 Å². The molecule has 3 rings (SSSR count). The van der Waals surface area contributed by atoms with Crippen molar-refractivity contribution < 1.29 is 66.5 Å². The summed E-state index contributed by atoms with van der Waals surface area (Å²) >= 11 is 0. The van der Waals surface area contributed by atoms with E-state index in [2.05, 4.69) is 5.32 Å². The first-order valence-electron chi connectivity index (χ1n) is 14.4. The molecule has 15 nitrogen and oxygen atoms in total. The van der Waals surface area contributed by atoms with Crippen LogP contribution >= 0.6 is 0 Å². The summed E-state index contributed by atoms with van der Waals surface area (Å²) in [6.07, 6.45) is 0.333. The molecule has 2 heterocycles. The number of aliphatic carboxylic acids is 2. The summed E-state index contributed by atoms with van der Waals surface area (Å²) in [5, 5.41) is 19.0. The average molecular weight is 683 g/mol. The zero-order chi connectivity index (χ0) is 36.2. The molecule has 0 spiro atoms. The highest BCUT2D eigenvalue weighted by Gasteiger charge is 2.38. The maximum atomic E-state index is 12.7. The zero-order valence-corrected chi connectivity index (χ0v) is 25.5. The molecule has 18 heteroatoms. The van der Waals surface area contributed by atoms with E-state index in [1.165, 1.54) is 6.07 Å². The summed E-state index contributed by atoms with van der Waals surface area (Å²) < 4.78 is 37.2. The summed E-state index contributed by atoms with van der Waals surface area (Å²) in [7, 11) is 0. The molecule has 0 bridgehead atoms. The number of carboxylic acids is 2. The van der Waals surface area contributed by atoms with Crippen LogP contribution in [0, 0.1) is 5.92 Å². The molecule has 5 amide bonds. The Kier molecular flexibility index (Phi) is 14.1. The van der Waals surface area contributed by atoms with Crippen molar-refractivity contribution in [1.29, 1.82) is 0 Å². The molecular formula is C30H33F3N4O11. The van der Waals surface area contributed by atoms with Gasteiger partial charge in [-0.25, -0.2) is 4.79 Å². The highest BCUT2D eigenvalue weighted by molar-refractivity contribution is 6.13. The summed E-state index contributed by atoms with van der Waals surface area (Å²) in [5.41, 5.74) is 6.98. The number of halogens is 3. The van der Waals surface area contributed by atoms with Crippen molar-refractivity contribution in [2.45, 2.75) is 57.7 Å². The number of imide groups is 2. The van der Waals surface area contributed by atoms with E-state index in [0.29, 0.717) is 12.0 Å². The molecule has 260 valence electrons. The molecular weight excluding hydrogens is 649 g/mol. The minimum atomic E-state index is -5.08. The number of hydrogen-bond acceptors (Lipinski definition) is 10. The van der Waals surface area contributed by atoms with Crippen LogP contribution in [-0.2, 0) is 44.8 Å². The van der Waals surface area contributed by atoms with Crippen molar-refractivity contribution in [3.63, 3.8) is 0 Å². The summed E-state index contributed by atoms with van der Waals surface area (Å²) in [4.78, 5) is 94.1. The van der Waals surface area contributed by atoms with Gasteiger partial charge in [0.25, 0.3) is 23.6 Å². The first kappa shape index (κ1) is 38.8. The number of carboxylic acid groups (broad SMARTS) is 2. The summed E-state index contributed by atoms with van der Waals surface area (Å²) in [5.74, 6) is -7.18. The van der Waals surface area contributed by atoms with E-state index in [9.17, 15) is 46.7 Å². The number of nitrogens with zero attached hydrogens (tertiary/aromatic N) is 2. The summed E-state index contributed by atoms with van der Waals surface area (Å²) in [6.45, 7) is 1.67. The second kappa shape index (κ2) is 17.5. The van der Waals surface area contributed by atoms with Gasteiger partial charge in [0, 0.05) is 56.3 Å². The smallest absolute Gasteiger partial charge is 0.481 e. The number of carbonyl (C=O) groups is 8. The Morgan fingerprint density at radius 2 is 1.35 bits per heavy atom. The monoisotopic (exact) mass is 682 g/mol. The number of nitrogens with two attached hydrogens (primary N) is 1. The number of ether oxygens (including phenoxy) is 1. The Labute approximate surface area is 271 Å². The molecule has 0 aromatic heterocycles. The lowest BCUT2D eigenvalue weighted by molar-refractivity contribution is -0.192. The molecule has 0 saturated heterocycles. The first-order valence-corrected chi connectivity index (χ1v) is 14.4. The predicted octanol–water partition coefficient (Wildman–Crippen LogP) is 1.55. The molecule has 0 aliphatic carbocycles. The molecule has 2 atom stereocenters. The molecule has 0 radical (unpaired) electrons. The first-order chi connectivity index (χ1) is 22.4. The number of alkyl halides is 3. The van der Waals surface area contributed by atoms with Gasteiger partial charge in [-0.1, -0.05) is 13.0 Å². The van der Waals surface area contributed by atoms with Gasteiger partial charge in [0.15, 0.2) is 5.75 Å². The van der Waals surface area contributed by atoms with Crippen molar-refractivity contribution in [2.75, 3.05) is 18.4 Å². The lowest BCUT2D eigenvalue weighted by Crippen LogP contribution is -2.31. The molecule has 1 aromatic rings. The molecule has 1 aromatic carbocycles. The Morgan fingerprint density at radius 1 is 0.875 bits per heavy atom. The Morgan fingerprint density at radius 3 is 1.81 bits per heavy atom. The van der Waals surface area contributed by atoms with Crippen LogP contribution in [0.15, 0.2) is 42.5 Å². The van der Waals surface area contributed by atoms with Crippen molar-refractivity contribution in [2.24, 2.45) is 11.7 Å². The number of carbonyl (C=O) groups excluding carboxylic acids is 6. The third kappa shape index (κ3) is 12.4. The second-order valence-corrected chi connectivity index (χ2v) is 10.6. The maximum Gasteiger partial charge on any atom is 0.490 e. The Hall–Kier alpha value is -5.39. The van der Waals surface area contributed by atoms with Crippen molar-refractivity contribution in [3.05, 3.63) is 48.1 Å². The SMILES string of the molecule is CC(CC(N)Cc1ccc(OC(=O)CCCN2C(=O)C=CC2=O)c(NC(=O)CCCN2C(=O)C=CC2=O)c1)C(=O)O.O=C(O)C(F)(F)F. The number of esters is 1. The second-order valence-electron chi connectivity index (χ2n) is 10.6. The number of nitrogens with one attached hydrogen (secondary N) is 1. The third-order valence-electron chi connectivity index (χ3n) is 6.71. The standard InChI is InChI=1S/C28H32N4O9.C2HF3O2/c1-17(28(39)40)14-19(29)15-18-6-7-21(41-27(38)5-3-13-32-25(36)10-11-26(32)37)20(16-18)30-22(33)4-2-12-31-23(34)8-9-24(31)35;3-2(4,5)1(6)7/h6-11,16-17,19H,2-5,12-15,29H2,1H3,(H,30,33)(H,39,40);(H,6,7). The Bertz CT molecular complexity index is 1470. The van der Waals surface area contributed by atoms with Crippen molar-refractivity contribution in [3.8, 4) is 5.75 Å². The van der Waals surface area contributed by atoms with E-state index in [-0.39, 0.29) is 56.6 Å². The van der Waals surface area contributed by atoms with Gasteiger partial charge in [-0.05, 0) is 43.4 Å². The lowest BCUT2D eigenvalue weighted by Gasteiger charge is -2.17. The molecule has 2 unspecified atom stereocenters. The molecule has 48 heavy (non-hydrogen) atoms. The third-order valence-corrected chi connectivity index (χ3v) is 6.71. The normalized spacial score (nSPS) is 15.3. The lowest BCUT2D eigenvalue weighted by atomic mass is 9.96. The Balaban J connectivity index is 0.00000103. The zero-order valence-electron chi connectivity index (χ0n) is 25.5. The fraction of sp³-hybridized carbons (Fsp3) is 0.400. The minimum Gasteiger partial charge on any atom is -0.481 e. The van der Waals surface area contributed by atoms with Crippen LogP contribution in [0.2, 0.25) is 0 Å². The van der Waals surface area contributed by atoms with Crippen LogP contribution < -0.4 is 15.8 Å². The van der Waals surface area contributed by atoms with E-state index in [1.54, 1.807) is 19.1 Å². The average Bonchev–Trinajstić information content (AvgIpc) is 3.48. The fourth-order valence-electron chi connectivity index (χ4n) is 4.30. The molecule has 5 N–H and O–H groups in total. The number of amides is 5. The highest BCUT2D eigenvalue weighted by Crippen LogP contribution is 2.28. The molecule has 2 aliphatic heterocycles. The van der Waals surface area contributed by atoms with E-state index < -0.39 is 65.6 Å². The molecule has 0 fully saturated rings. The number of anilines is 1. The molecule has 2 aliphatic rings. The van der Waals surface area contributed by atoms with Gasteiger partial charge in [0.2, 0.25) is 5.91 Å². The quantitative estimate of drug-likeness (QED) is 0.117. The minimum absolute atomic E-state index is 0.0315. The van der Waals surface area contributed by atoms with Gasteiger partial charge >= 0.3 is 24.1 Å². The van der Waals surface area contributed by atoms with Crippen LogP contribution in [0.4, 0.5) is 18.9 Å². The van der Waals surface area contributed by atoms with Crippen molar-refractivity contribution >= 4 is 53.1 Å². The largest absolute Gasteiger partial charge is 0.490 e. The topological polar surface area (TPSA) is 231 Å². The van der Waals surface area contributed by atoms with Crippen LogP contribution in [0.1, 0.15) is 44.6 Å². The van der Waals surface area contributed by atoms with E-state index >= 15 is 0 Å². The van der Waals surface area contributed by atoms with Gasteiger partial charge in [0.1, 0.15) is 0 Å². The summed E-state index contributed by atoms with van der Waals surface area (Å²) in [6, 6.07) is 4.24. The van der Waals surface area contributed by atoms with Gasteiger partial charge in [0.05, 0.1) is 11.6 Å². The molecule has 0 saturated carbocycles. The van der Waals surface area contributed by atoms with Crippen LogP contribution in [-0.4, -0.2) is 92.8 Å². The number of rotatable bonds is 15. The van der Waals surface area contributed by atoms with E-state index in [0.717, 1.165) is 34.1 Å². The van der Waals surface area contributed by atoms with Crippen LogP contribution in [0.3, 0.4) is 0 Å². The predicted molar refractivity (Wildman–Crippen MR) is 158 cm³/mol. The van der Waals surface area contributed by atoms with E-state index in [4.69, 9.17) is 25.5 Å². The number of hydrogen-bond donors (Lipinski definition) is 4. The van der Waals surface area contributed by atoms with Crippen molar-refractivity contribution in [1.82, 2.24) is 9.80 Å². The van der Waals surface area contributed by atoms with Gasteiger partial charge in [-0.3, -0.25) is 43.4 Å². The fourth-order valence-corrected chi connectivity index (χ4v) is 4.30. The van der Waals surface area contributed by atoms with Gasteiger partial charge in [-0.15, -0.1) is 0 Å². The number of benzene rings is 1.